The predicted molar refractivity (Wildman–Crippen MR) is 657 cm³/mol. The Labute approximate surface area is 960 Å². The maximum atomic E-state index is 4.36. The molecule has 150 heavy (non-hydrogen) atoms. The van der Waals surface area contributed by atoms with Gasteiger partial charge < -0.3 is 40.5 Å². The molecule has 0 nitrogen and oxygen atoms in total. The van der Waals surface area contributed by atoms with Gasteiger partial charge in [-0.15, -0.1) is 132 Å². The van der Waals surface area contributed by atoms with Crippen molar-refractivity contribution in [3.05, 3.63) is 696 Å². The normalized spacial score (nSPS) is 14.6. The second-order valence-corrected chi connectivity index (χ2v) is 44.3. The van der Waals surface area contributed by atoms with Crippen molar-refractivity contribution in [2.45, 2.75) is 40.6 Å². The zero-order valence-electron chi connectivity index (χ0n) is 84.6. The van der Waals surface area contributed by atoms with Gasteiger partial charge in [0.15, 0.2) is 0 Å². The smallest absolute Gasteiger partial charge is 0.493 e. The van der Waals surface area contributed by atoms with Gasteiger partial charge in [0.1, 0.15) is 47.7 Å². The van der Waals surface area contributed by atoms with E-state index in [4.69, 9.17) is 0 Å². The number of allylic oxidation sites excluding steroid dienone is 12. The SMILES string of the molecule is SCc1ccc(C(=[C-]c2ccccc2)c2ccc(CS)cc2)cc1.Sc1ccc(C(=[C-]c2ccccc2)c2ccc(S)cc2)cc1.[C-](=C(c1ccccc1)c1ccccc1)c1ccccc1.[C-]1=CC2C=CC1C2.[C-]1=CC2C=CC1C2.[C-]1=CC2C=CC1C2.[CH3-].[CH3-].[CH3-].[Rh+3].[Rh+3].[Rh+3].c1ccc([PH+](c2ccccc2)c2ccccc2)cc1.c1ccc([PH+](c2ccccc2)c2ccccc2)cc1.c1ccc([PH+](c2ccccc2)c2ccccc2)cc1. The molecule has 6 unspecified atom stereocenters. The Morgan fingerprint density at radius 1 is 0.207 bits per heavy atom. The molecule has 750 valence electrons. The fourth-order valence-electron chi connectivity index (χ4n) is 17.6. The average Bonchev–Trinajstić information content (AvgIpc) is 1.20. The van der Waals surface area contributed by atoms with Crippen LogP contribution in [0.4, 0.5) is 0 Å². The first-order chi connectivity index (χ1) is 71.1. The van der Waals surface area contributed by atoms with E-state index >= 15 is 0 Å². The first kappa shape index (κ1) is 120. The number of hydrogen-bond acceptors (Lipinski definition) is 4. The maximum absolute atomic E-state index is 4.36. The molecule has 6 bridgehead atoms. The van der Waals surface area contributed by atoms with Crippen LogP contribution in [0.15, 0.2) is 586 Å². The molecule has 6 aliphatic carbocycles. The number of rotatable bonds is 20. The number of hydrogen-bond donors (Lipinski definition) is 4. The summed E-state index contributed by atoms with van der Waals surface area (Å²) in [5.41, 5.74) is 15.8. The molecule has 0 aromatic heterocycles. The third kappa shape index (κ3) is 37.3. The minimum absolute atomic E-state index is 0. The van der Waals surface area contributed by atoms with Crippen molar-refractivity contribution >= 4 is 139 Å². The minimum Gasteiger partial charge on any atom is -0.493 e. The summed E-state index contributed by atoms with van der Waals surface area (Å²) < 4.78 is 0. The zero-order chi connectivity index (χ0) is 98.6. The van der Waals surface area contributed by atoms with E-state index in [1.807, 2.05) is 91.0 Å². The summed E-state index contributed by atoms with van der Waals surface area (Å²) in [7, 11) is -2.63. The number of thiol groups is 4. The fraction of sp³-hybridized carbons (Fsp3) is 0.0786. The van der Waals surface area contributed by atoms with Gasteiger partial charge in [-0.3, -0.25) is 18.2 Å². The molecule has 0 saturated heterocycles. The van der Waals surface area contributed by atoms with Crippen LogP contribution in [0, 0.1) is 94.2 Å². The van der Waals surface area contributed by atoms with E-state index in [0.29, 0.717) is 17.8 Å². The van der Waals surface area contributed by atoms with Gasteiger partial charge in [-0.1, -0.05) is 447 Å². The largest absolute Gasteiger partial charge is 3.00 e. The molecule has 18 aromatic carbocycles. The van der Waals surface area contributed by atoms with Gasteiger partial charge >= 0.3 is 58.4 Å². The average molecular weight is 2340 g/mol. The third-order valence-electron chi connectivity index (χ3n) is 24.9. The fourth-order valence-corrected chi connectivity index (χ4v) is 26.0. The Kier molecular flexibility index (Phi) is 52.9. The zero-order valence-corrected chi connectivity index (χ0v) is 96.1. The topological polar surface area (TPSA) is 0 Å². The van der Waals surface area contributed by atoms with Gasteiger partial charge in [-0.05, 0) is 138 Å². The second kappa shape index (κ2) is 66.1. The van der Waals surface area contributed by atoms with Gasteiger partial charge in [0.2, 0.25) is 0 Å². The quantitative estimate of drug-likeness (QED) is 0.0143. The van der Waals surface area contributed by atoms with E-state index < -0.39 is 23.8 Å². The Hall–Kier alpha value is -11.8. The van der Waals surface area contributed by atoms with E-state index in [1.165, 1.54) is 89.3 Å². The molecule has 0 fully saturated rings. The molecule has 10 heteroatoms. The molecule has 0 aliphatic heterocycles. The van der Waals surface area contributed by atoms with Crippen LogP contribution in [-0.2, 0) is 69.9 Å². The molecule has 24 rings (SSSR count). The van der Waals surface area contributed by atoms with Crippen molar-refractivity contribution in [2.24, 2.45) is 35.5 Å². The van der Waals surface area contributed by atoms with Gasteiger partial charge in [0.25, 0.3) is 0 Å². The summed E-state index contributed by atoms with van der Waals surface area (Å²) in [5.74, 6) is 5.82. The van der Waals surface area contributed by atoms with Crippen LogP contribution < -0.4 is 47.7 Å². The van der Waals surface area contributed by atoms with E-state index in [-0.39, 0.29) is 80.7 Å². The van der Waals surface area contributed by atoms with E-state index in [9.17, 15) is 0 Å². The molecule has 6 aliphatic rings. The Morgan fingerprint density at radius 2 is 0.367 bits per heavy atom. The first-order valence-corrected chi connectivity index (χ1v) is 55.9. The van der Waals surface area contributed by atoms with Gasteiger partial charge in [0.05, 0.1) is 23.8 Å². The maximum Gasteiger partial charge on any atom is 3.00 e. The van der Waals surface area contributed by atoms with E-state index in [0.717, 1.165) is 94.7 Å². The molecule has 0 heterocycles. The Morgan fingerprint density at radius 3 is 0.507 bits per heavy atom. The van der Waals surface area contributed by atoms with Gasteiger partial charge in [0, 0.05) is 21.3 Å². The van der Waals surface area contributed by atoms with Crippen molar-refractivity contribution < 1.29 is 58.4 Å². The first-order valence-electron chi connectivity index (χ1n) is 49.3. The summed E-state index contributed by atoms with van der Waals surface area (Å²) in [6.45, 7) is 0. The molecule has 18 aromatic rings. The molecular formula is C140H127P3Rh3S4+3. The molecule has 0 radical (unpaired) electrons. The van der Waals surface area contributed by atoms with Crippen LogP contribution in [0.25, 0.3) is 16.7 Å². The second-order valence-electron chi connectivity index (χ2n) is 35.2. The van der Waals surface area contributed by atoms with Gasteiger partial charge in [-0.25, -0.2) is 0 Å². The third-order valence-corrected chi connectivity index (χ3v) is 34.4. The molecule has 0 spiro atoms. The molecular weight excluding hydrogens is 2210 g/mol. The molecule has 6 atom stereocenters. The minimum atomic E-state index is -0.877. The van der Waals surface area contributed by atoms with E-state index in [1.54, 1.807) is 0 Å². The van der Waals surface area contributed by atoms with Crippen LogP contribution in [-0.4, -0.2) is 0 Å². The molecule has 0 N–H and O–H groups in total. The standard InChI is InChI=1S/C22H19S2.C20H15S2.C20H15.3C18H15P.3C7H7.3CH3.3Rh/c23-15-18-6-10-20(11-7-18)22(14-17-4-2-1-3-5-17)21-12-8-19(16-24)9-13-21;21-18-10-6-16(7-11-18)20(14-15-4-2-1-3-5-15)17-8-12-19(22)13-9-17;1-4-10-17(11-5-1)16-20(18-12-6-2-7-13-18)19-14-8-3-9-15-19;3*1-4-10-16(11-5-1)19(17-12-6-2-7-13-17)18-14-8-3-9-15-18;3*1-2-7-4-3-6(1)5-7;;;;;;/h1-13,23-24H,15-16H2;1-13,21-22H;1-15H;3*1-15H;3*1-3,6-7H,5H2;3*1H3;;;/q3*-1;;;;6*-1;3*+3/p+3. The Bertz CT molecular complexity index is 6260. The summed E-state index contributed by atoms with van der Waals surface area (Å²) in [4.78, 5) is 1.90. The van der Waals surface area contributed by atoms with Gasteiger partial charge in [-0.2, -0.15) is 43.0 Å². The number of fused-ring (bicyclic) bond motifs is 6. The Balaban J connectivity index is 0.000000175. The van der Waals surface area contributed by atoms with Crippen LogP contribution in [0.3, 0.4) is 0 Å². The van der Waals surface area contributed by atoms with Crippen molar-refractivity contribution in [1.82, 2.24) is 0 Å². The van der Waals surface area contributed by atoms with Crippen molar-refractivity contribution in [2.75, 3.05) is 0 Å². The van der Waals surface area contributed by atoms with Crippen LogP contribution in [0.5, 0.6) is 0 Å². The summed E-state index contributed by atoms with van der Waals surface area (Å²) in [6.07, 6.45) is 44.3. The van der Waals surface area contributed by atoms with E-state index in [2.05, 4.69) is 572 Å². The number of benzene rings is 18. The predicted octanol–water partition coefficient (Wildman–Crippen LogP) is 31.9. The van der Waals surface area contributed by atoms with Crippen LogP contribution in [0.1, 0.15) is 80.5 Å². The molecule has 0 amide bonds. The summed E-state index contributed by atoms with van der Waals surface area (Å²) in [5, 5.41) is 12.9. The molecule has 0 saturated carbocycles. The van der Waals surface area contributed by atoms with Crippen molar-refractivity contribution in [1.29, 1.82) is 0 Å². The monoisotopic (exact) mass is 2340 g/mol. The van der Waals surface area contributed by atoms with Crippen molar-refractivity contribution in [3.8, 4) is 0 Å². The summed E-state index contributed by atoms with van der Waals surface area (Å²) in [6, 6.07) is 182. The van der Waals surface area contributed by atoms with Crippen LogP contribution >= 0.6 is 74.3 Å². The van der Waals surface area contributed by atoms with Crippen LogP contribution in [0.2, 0.25) is 0 Å². The van der Waals surface area contributed by atoms with Crippen molar-refractivity contribution in [3.63, 3.8) is 0 Å². The summed E-state index contributed by atoms with van der Waals surface area (Å²) >= 11 is 17.4.